The van der Waals surface area contributed by atoms with Gasteiger partial charge in [-0.3, -0.25) is 4.79 Å². The Bertz CT molecular complexity index is 736. The van der Waals surface area contributed by atoms with Crippen LogP contribution in [-0.4, -0.2) is 18.3 Å². The van der Waals surface area contributed by atoms with Crippen molar-refractivity contribution in [2.24, 2.45) is 0 Å². The van der Waals surface area contributed by atoms with Crippen molar-refractivity contribution in [3.63, 3.8) is 0 Å². The van der Waals surface area contributed by atoms with Crippen molar-refractivity contribution in [1.82, 2.24) is 0 Å². The van der Waals surface area contributed by atoms with Crippen LogP contribution in [0.15, 0.2) is 47.4 Å². The molecule has 2 aromatic carbocycles. The minimum absolute atomic E-state index is 0.0451. The molecule has 0 saturated carbocycles. The predicted molar refractivity (Wildman–Crippen MR) is 93.4 cm³/mol. The van der Waals surface area contributed by atoms with Gasteiger partial charge in [0.05, 0.1) is 28.6 Å². The molecule has 0 atom stereocenters. The van der Waals surface area contributed by atoms with Crippen molar-refractivity contribution < 1.29 is 22.7 Å². The Morgan fingerprint density at radius 3 is 2.48 bits per heavy atom. The molecule has 0 aromatic heterocycles. The Morgan fingerprint density at radius 1 is 1.20 bits per heavy atom. The highest BCUT2D eigenvalue weighted by Crippen LogP contribution is 2.38. The quantitative estimate of drug-likeness (QED) is 0.664. The van der Waals surface area contributed by atoms with Crippen LogP contribution in [0.5, 0.6) is 5.75 Å². The molecule has 8 heteroatoms. The van der Waals surface area contributed by atoms with Gasteiger partial charge in [0.15, 0.2) is 0 Å². The third kappa shape index (κ3) is 5.57. The molecule has 1 amide bonds. The first-order chi connectivity index (χ1) is 11.8. The number of thioether (sulfide) groups is 1. The van der Waals surface area contributed by atoms with Crippen molar-refractivity contribution in [3.8, 4) is 5.75 Å². The number of hydrogen-bond acceptors (Lipinski definition) is 3. The average molecular weight is 390 g/mol. The van der Waals surface area contributed by atoms with E-state index in [-0.39, 0.29) is 10.8 Å². The van der Waals surface area contributed by atoms with Crippen LogP contribution in [0.25, 0.3) is 0 Å². The molecule has 1 N–H and O–H groups in total. The lowest BCUT2D eigenvalue weighted by molar-refractivity contribution is -0.137. The lowest BCUT2D eigenvalue weighted by atomic mass is 10.1. The highest BCUT2D eigenvalue weighted by atomic mass is 35.5. The molecule has 0 aliphatic carbocycles. The number of halogens is 4. The van der Waals surface area contributed by atoms with E-state index in [9.17, 15) is 18.0 Å². The molecular formula is C17H15ClF3NO2S. The van der Waals surface area contributed by atoms with Crippen molar-refractivity contribution >= 4 is 35.0 Å². The van der Waals surface area contributed by atoms with E-state index in [1.165, 1.54) is 23.9 Å². The van der Waals surface area contributed by atoms with Crippen LogP contribution in [0.1, 0.15) is 12.5 Å². The molecule has 25 heavy (non-hydrogen) atoms. The Hall–Kier alpha value is -1.86. The molecule has 0 spiro atoms. The van der Waals surface area contributed by atoms with Crippen LogP contribution in [0.2, 0.25) is 5.02 Å². The fourth-order valence-electron chi connectivity index (χ4n) is 2.01. The van der Waals surface area contributed by atoms with Crippen LogP contribution in [0, 0.1) is 0 Å². The van der Waals surface area contributed by atoms with Gasteiger partial charge in [-0.2, -0.15) is 13.2 Å². The maximum atomic E-state index is 13.0. The number of nitrogens with one attached hydrogen (secondary N) is 1. The Kier molecular flexibility index (Phi) is 6.61. The molecule has 0 aliphatic rings. The maximum absolute atomic E-state index is 13.0. The Labute approximate surface area is 152 Å². The third-order valence-corrected chi connectivity index (χ3v) is 4.42. The van der Waals surface area contributed by atoms with E-state index in [1.54, 1.807) is 24.3 Å². The minimum Gasteiger partial charge on any atom is -0.494 e. The smallest absolute Gasteiger partial charge is 0.418 e. The molecule has 0 bridgehead atoms. The summed E-state index contributed by atoms with van der Waals surface area (Å²) in [7, 11) is 0. The minimum atomic E-state index is -4.60. The van der Waals surface area contributed by atoms with Gasteiger partial charge in [0.25, 0.3) is 0 Å². The summed E-state index contributed by atoms with van der Waals surface area (Å²) in [6.45, 7) is 2.42. The second kappa shape index (κ2) is 8.49. The van der Waals surface area contributed by atoms with E-state index in [0.717, 1.165) is 11.0 Å². The molecule has 2 aromatic rings. The first-order valence-electron chi connectivity index (χ1n) is 7.32. The summed E-state index contributed by atoms with van der Waals surface area (Å²) in [5.74, 6) is 0.0934. The van der Waals surface area contributed by atoms with E-state index >= 15 is 0 Å². The molecule has 0 heterocycles. The largest absolute Gasteiger partial charge is 0.494 e. The number of benzene rings is 2. The summed E-state index contributed by atoms with van der Waals surface area (Å²) in [5.41, 5.74) is -1.40. The normalized spacial score (nSPS) is 11.2. The molecule has 0 radical (unpaired) electrons. The van der Waals surface area contributed by atoms with E-state index in [4.69, 9.17) is 16.3 Å². The highest BCUT2D eigenvalue weighted by Gasteiger charge is 2.34. The zero-order valence-corrected chi connectivity index (χ0v) is 14.8. The van der Waals surface area contributed by atoms with Gasteiger partial charge in [-0.25, -0.2) is 0 Å². The van der Waals surface area contributed by atoms with Crippen LogP contribution in [0.4, 0.5) is 18.9 Å². The van der Waals surface area contributed by atoms with E-state index in [2.05, 4.69) is 5.32 Å². The van der Waals surface area contributed by atoms with Gasteiger partial charge in [0.2, 0.25) is 5.91 Å². The summed E-state index contributed by atoms with van der Waals surface area (Å²) in [4.78, 5) is 12.8. The molecule has 3 nitrogen and oxygen atoms in total. The zero-order chi connectivity index (χ0) is 18.4. The van der Waals surface area contributed by atoms with E-state index in [0.29, 0.717) is 12.4 Å². The lowest BCUT2D eigenvalue weighted by Crippen LogP contribution is -2.18. The summed E-state index contributed by atoms with van der Waals surface area (Å²) >= 11 is 7.01. The van der Waals surface area contributed by atoms with E-state index in [1.807, 2.05) is 6.92 Å². The van der Waals surface area contributed by atoms with Gasteiger partial charge in [0.1, 0.15) is 5.75 Å². The SMILES string of the molecule is CCOc1ccc(SCC(=O)Nc2c(Cl)cccc2C(F)(F)F)cc1. The van der Waals surface area contributed by atoms with Crippen LogP contribution >= 0.6 is 23.4 Å². The van der Waals surface area contributed by atoms with Gasteiger partial charge in [-0.05, 0) is 43.3 Å². The fourth-order valence-corrected chi connectivity index (χ4v) is 2.93. The van der Waals surface area contributed by atoms with Crippen molar-refractivity contribution in [3.05, 3.63) is 53.1 Å². The predicted octanol–water partition coefficient (Wildman–Crippen LogP) is 5.49. The molecule has 0 fully saturated rings. The monoisotopic (exact) mass is 389 g/mol. The van der Waals surface area contributed by atoms with Crippen molar-refractivity contribution in [2.75, 3.05) is 17.7 Å². The second-order valence-electron chi connectivity index (χ2n) is 4.90. The zero-order valence-electron chi connectivity index (χ0n) is 13.2. The number of rotatable bonds is 6. The third-order valence-electron chi connectivity index (χ3n) is 3.09. The number of carbonyl (C=O) groups is 1. The van der Waals surface area contributed by atoms with Gasteiger partial charge < -0.3 is 10.1 Å². The van der Waals surface area contributed by atoms with E-state index < -0.39 is 23.3 Å². The number of anilines is 1. The van der Waals surface area contributed by atoms with Gasteiger partial charge in [0, 0.05) is 4.90 Å². The summed E-state index contributed by atoms with van der Waals surface area (Å²) in [5, 5.41) is 2.09. The highest BCUT2D eigenvalue weighted by molar-refractivity contribution is 8.00. The fraction of sp³-hybridized carbons (Fsp3) is 0.235. The Morgan fingerprint density at radius 2 is 1.88 bits per heavy atom. The second-order valence-corrected chi connectivity index (χ2v) is 6.36. The van der Waals surface area contributed by atoms with Gasteiger partial charge >= 0.3 is 6.18 Å². The van der Waals surface area contributed by atoms with Crippen molar-refractivity contribution in [2.45, 2.75) is 18.0 Å². The molecule has 0 unspecified atom stereocenters. The van der Waals surface area contributed by atoms with Crippen LogP contribution < -0.4 is 10.1 Å². The number of amides is 1. The van der Waals surface area contributed by atoms with Gasteiger partial charge in [-0.15, -0.1) is 11.8 Å². The van der Waals surface area contributed by atoms with Crippen LogP contribution in [0.3, 0.4) is 0 Å². The summed E-state index contributed by atoms with van der Waals surface area (Å²) in [6, 6.07) is 10.4. The molecule has 0 aliphatic heterocycles. The standard InChI is InChI=1S/C17H15ClF3NO2S/c1-2-24-11-6-8-12(9-7-11)25-10-15(23)22-16-13(17(19,20)21)4-3-5-14(16)18/h3-9H,2,10H2,1H3,(H,22,23). The molecule has 2 rings (SSSR count). The number of hydrogen-bond donors (Lipinski definition) is 1. The average Bonchev–Trinajstić information content (AvgIpc) is 2.55. The van der Waals surface area contributed by atoms with Gasteiger partial charge in [-0.1, -0.05) is 17.7 Å². The van der Waals surface area contributed by atoms with Crippen molar-refractivity contribution in [1.29, 1.82) is 0 Å². The number of carbonyl (C=O) groups excluding carboxylic acids is 1. The first-order valence-corrected chi connectivity index (χ1v) is 8.69. The summed E-state index contributed by atoms with van der Waals surface area (Å²) < 4.78 is 44.3. The van der Waals surface area contributed by atoms with Crippen LogP contribution in [-0.2, 0) is 11.0 Å². The number of para-hydroxylation sites is 1. The lowest BCUT2D eigenvalue weighted by Gasteiger charge is -2.15. The Balaban J connectivity index is 2.01. The molecule has 0 saturated heterocycles. The number of alkyl halides is 3. The molecular weight excluding hydrogens is 375 g/mol. The number of ether oxygens (including phenoxy) is 1. The molecule has 134 valence electrons. The first kappa shape index (κ1) is 19.5. The summed E-state index contributed by atoms with van der Waals surface area (Å²) in [6.07, 6.45) is -4.60. The maximum Gasteiger partial charge on any atom is 0.418 e. The topological polar surface area (TPSA) is 38.3 Å².